The van der Waals surface area contributed by atoms with Crippen LogP contribution in [0.1, 0.15) is 24.9 Å². The first-order valence-electron chi connectivity index (χ1n) is 6.32. The summed E-state index contributed by atoms with van der Waals surface area (Å²) in [6.07, 6.45) is 4.45. The van der Waals surface area contributed by atoms with E-state index >= 15 is 0 Å². The van der Waals surface area contributed by atoms with Crippen LogP contribution in [0.3, 0.4) is 0 Å². The zero-order valence-corrected chi connectivity index (χ0v) is 11.7. The number of hydrogen-bond donors (Lipinski definition) is 2. The van der Waals surface area contributed by atoms with Gasteiger partial charge in [0.05, 0.1) is 6.04 Å². The number of nitrogens with zero attached hydrogens (tertiary/aromatic N) is 1. The van der Waals surface area contributed by atoms with E-state index in [-0.39, 0.29) is 6.04 Å². The lowest BCUT2D eigenvalue weighted by Gasteiger charge is -2.19. The fourth-order valence-corrected chi connectivity index (χ4v) is 2.13. The number of thiocarbonyl (C=S) groups is 1. The molecule has 0 aliphatic carbocycles. The van der Waals surface area contributed by atoms with Gasteiger partial charge >= 0.3 is 0 Å². The third-order valence-corrected chi connectivity index (χ3v) is 3.07. The van der Waals surface area contributed by atoms with Gasteiger partial charge in [-0.3, -0.25) is 4.98 Å². The van der Waals surface area contributed by atoms with Crippen molar-refractivity contribution in [3.63, 3.8) is 0 Å². The second-order valence-electron chi connectivity index (χ2n) is 4.21. The van der Waals surface area contributed by atoms with E-state index < -0.39 is 0 Å². The minimum atomic E-state index is 0.225. The van der Waals surface area contributed by atoms with Crippen molar-refractivity contribution in [1.29, 1.82) is 0 Å². The summed E-state index contributed by atoms with van der Waals surface area (Å²) in [5, 5.41) is 7.11. The summed E-state index contributed by atoms with van der Waals surface area (Å²) in [6, 6.07) is 14.3. The maximum atomic E-state index is 5.34. The maximum Gasteiger partial charge on any atom is 0.171 e. The van der Waals surface area contributed by atoms with Gasteiger partial charge in [0.1, 0.15) is 0 Å². The number of nitrogens with one attached hydrogen (secondary N) is 2. The van der Waals surface area contributed by atoms with Crippen molar-refractivity contribution in [2.45, 2.75) is 19.4 Å². The molecule has 1 unspecified atom stereocenters. The highest BCUT2D eigenvalue weighted by molar-refractivity contribution is 7.80. The predicted octanol–water partition coefficient (Wildman–Crippen LogP) is 3.52. The van der Waals surface area contributed by atoms with E-state index in [0.29, 0.717) is 5.11 Å². The number of pyridine rings is 1. The molecule has 0 radical (unpaired) electrons. The van der Waals surface area contributed by atoms with E-state index in [1.165, 1.54) is 5.56 Å². The second kappa shape index (κ2) is 6.85. The van der Waals surface area contributed by atoms with Crippen LogP contribution in [0.15, 0.2) is 54.9 Å². The topological polar surface area (TPSA) is 37.0 Å². The van der Waals surface area contributed by atoms with E-state index in [1.54, 1.807) is 12.4 Å². The molecule has 0 spiro atoms. The van der Waals surface area contributed by atoms with Gasteiger partial charge in [0, 0.05) is 18.1 Å². The van der Waals surface area contributed by atoms with Crippen molar-refractivity contribution in [1.82, 2.24) is 10.3 Å². The molecule has 0 amide bonds. The van der Waals surface area contributed by atoms with E-state index in [2.05, 4.69) is 34.7 Å². The Morgan fingerprint density at radius 2 is 1.84 bits per heavy atom. The lowest BCUT2D eigenvalue weighted by molar-refractivity contribution is 0.629. The van der Waals surface area contributed by atoms with Crippen LogP contribution < -0.4 is 10.6 Å². The Morgan fingerprint density at radius 1 is 1.16 bits per heavy atom. The summed E-state index contributed by atoms with van der Waals surface area (Å²) in [7, 11) is 0. The van der Waals surface area contributed by atoms with Gasteiger partial charge in [-0.1, -0.05) is 37.3 Å². The first-order valence-corrected chi connectivity index (χ1v) is 6.73. The molecule has 1 aromatic carbocycles. The maximum absolute atomic E-state index is 5.34. The molecule has 1 aromatic heterocycles. The van der Waals surface area contributed by atoms with Crippen molar-refractivity contribution in [2.24, 2.45) is 0 Å². The average Bonchev–Trinajstić information content (AvgIpc) is 2.47. The molecule has 0 saturated heterocycles. The van der Waals surface area contributed by atoms with Gasteiger partial charge in [-0.25, -0.2) is 0 Å². The molecule has 0 aliphatic heterocycles. The van der Waals surface area contributed by atoms with Crippen molar-refractivity contribution in [3.8, 4) is 0 Å². The molecule has 2 rings (SSSR count). The summed E-state index contributed by atoms with van der Waals surface area (Å²) in [6.45, 7) is 2.14. The van der Waals surface area contributed by atoms with Gasteiger partial charge < -0.3 is 10.6 Å². The smallest absolute Gasteiger partial charge is 0.171 e. The molecule has 4 heteroatoms. The van der Waals surface area contributed by atoms with Crippen molar-refractivity contribution < 1.29 is 0 Å². The number of hydrogen-bond acceptors (Lipinski definition) is 2. The molecule has 0 aliphatic rings. The first kappa shape index (κ1) is 13.5. The monoisotopic (exact) mass is 271 g/mol. The highest BCUT2D eigenvalue weighted by Gasteiger charge is 2.09. The zero-order chi connectivity index (χ0) is 13.5. The van der Waals surface area contributed by atoms with E-state index in [0.717, 1.165) is 12.1 Å². The third kappa shape index (κ3) is 4.03. The van der Waals surface area contributed by atoms with Crippen LogP contribution in [0.4, 0.5) is 5.69 Å². The molecule has 0 bridgehead atoms. The molecule has 0 fully saturated rings. The molecular weight excluding hydrogens is 254 g/mol. The molecule has 1 atom stereocenters. The number of benzene rings is 1. The van der Waals surface area contributed by atoms with E-state index in [4.69, 9.17) is 12.2 Å². The number of anilines is 1. The fraction of sp³-hybridized carbons (Fsp3) is 0.200. The average molecular weight is 271 g/mol. The van der Waals surface area contributed by atoms with Gasteiger partial charge in [0.25, 0.3) is 0 Å². The van der Waals surface area contributed by atoms with Gasteiger partial charge in [0.2, 0.25) is 0 Å². The van der Waals surface area contributed by atoms with Crippen LogP contribution in [0, 0.1) is 0 Å². The van der Waals surface area contributed by atoms with Crippen molar-refractivity contribution >= 4 is 23.0 Å². The number of rotatable bonds is 4. The Bertz CT molecular complexity index is 513. The Morgan fingerprint density at radius 3 is 2.47 bits per heavy atom. The van der Waals surface area contributed by atoms with E-state index in [9.17, 15) is 0 Å². The SMILES string of the molecule is CCC(NC(=S)Nc1ccncc1)c1ccccc1. The van der Waals surface area contributed by atoms with Crippen LogP contribution in [0.5, 0.6) is 0 Å². The fourth-order valence-electron chi connectivity index (χ4n) is 1.87. The summed E-state index contributed by atoms with van der Waals surface area (Å²) in [4.78, 5) is 3.97. The normalized spacial score (nSPS) is 11.6. The highest BCUT2D eigenvalue weighted by atomic mass is 32.1. The predicted molar refractivity (Wildman–Crippen MR) is 83.1 cm³/mol. The molecule has 0 saturated carbocycles. The van der Waals surface area contributed by atoms with Crippen LogP contribution in [0.25, 0.3) is 0 Å². The van der Waals surface area contributed by atoms with E-state index in [1.807, 2.05) is 30.3 Å². The molecule has 2 N–H and O–H groups in total. The molecular formula is C15H17N3S. The molecule has 3 nitrogen and oxygen atoms in total. The third-order valence-electron chi connectivity index (χ3n) is 2.85. The van der Waals surface area contributed by atoms with Crippen LogP contribution >= 0.6 is 12.2 Å². The standard InChI is InChI=1S/C15H17N3S/c1-2-14(12-6-4-3-5-7-12)18-15(19)17-13-8-10-16-11-9-13/h3-11,14H,2H2,1H3,(H2,16,17,18,19). The van der Waals surface area contributed by atoms with Gasteiger partial charge in [-0.2, -0.15) is 0 Å². The van der Waals surface area contributed by atoms with Crippen molar-refractivity contribution in [2.75, 3.05) is 5.32 Å². The molecule has 2 aromatic rings. The van der Waals surface area contributed by atoms with Gasteiger partial charge in [0.15, 0.2) is 5.11 Å². The Labute approximate surface area is 119 Å². The summed E-state index contributed by atoms with van der Waals surface area (Å²) in [5.41, 5.74) is 2.18. The zero-order valence-electron chi connectivity index (χ0n) is 10.8. The Balaban J connectivity index is 1.97. The number of aromatic nitrogens is 1. The van der Waals surface area contributed by atoms with Gasteiger partial charge in [-0.15, -0.1) is 0 Å². The second-order valence-corrected chi connectivity index (χ2v) is 4.61. The highest BCUT2D eigenvalue weighted by Crippen LogP contribution is 2.16. The van der Waals surface area contributed by atoms with Gasteiger partial charge in [-0.05, 0) is 36.3 Å². The molecule has 19 heavy (non-hydrogen) atoms. The minimum Gasteiger partial charge on any atom is -0.356 e. The Kier molecular flexibility index (Phi) is 4.86. The van der Waals surface area contributed by atoms with Crippen LogP contribution in [-0.2, 0) is 0 Å². The van der Waals surface area contributed by atoms with Crippen LogP contribution in [0.2, 0.25) is 0 Å². The quantitative estimate of drug-likeness (QED) is 0.834. The minimum absolute atomic E-state index is 0.225. The molecule has 98 valence electrons. The summed E-state index contributed by atoms with van der Waals surface area (Å²) >= 11 is 5.34. The molecule has 1 heterocycles. The Hall–Kier alpha value is -1.94. The summed E-state index contributed by atoms with van der Waals surface area (Å²) in [5.74, 6) is 0. The lowest BCUT2D eigenvalue weighted by Crippen LogP contribution is -2.32. The largest absolute Gasteiger partial charge is 0.356 e. The van der Waals surface area contributed by atoms with Crippen molar-refractivity contribution in [3.05, 3.63) is 60.4 Å². The summed E-state index contributed by atoms with van der Waals surface area (Å²) < 4.78 is 0. The van der Waals surface area contributed by atoms with Crippen LogP contribution in [-0.4, -0.2) is 10.1 Å². The first-order chi connectivity index (χ1) is 9.29. The lowest BCUT2D eigenvalue weighted by atomic mass is 10.1.